The number of ether oxygens (including phenoxy) is 1. The van der Waals surface area contributed by atoms with Crippen molar-refractivity contribution < 1.29 is 32.9 Å². The van der Waals surface area contributed by atoms with E-state index >= 15 is 0 Å². The number of carbonyl (C=O) groups excluding carboxylic acids is 1. The number of halogens is 4. The average molecular weight is 422 g/mol. The summed E-state index contributed by atoms with van der Waals surface area (Å²) in [6.07, 6.45) is -5.75. The number of nitrogens with two attached hydrogens (primary N) is 1. The molecule has 2 rings (SSSR count). The van der Waals surface area contributed by atoms with Gasteiger partial charge in [0.2, 0.25) is 5.88 Å². The van der Waals surface area contributed by atoms with E-state index in [1.54, 1.807) is 0 Å². The molecular formula is C17H19ClF3N3O4. The summed E-state index contributed by atoms with van der Waals surface area (Å²) >= 11 is 0. The first-order valence-electron chi connectivity index (χ1n) is 7.86. The van der Waals surface area contributed by atoms with Crippen LogP contribution in [0.3, 0.4) is 0 Å². The maximum Gasteiger partial charge on any atom is 0.433 e. The third kappa shape index (κ3) is 6.64. The van der Waals surface area contributed by atoms with Crippen molar-refractivity contribution in [3.05, 3.63) is 53.2 Å². The summed E-state index contributed by atoms with van der Waals surface area (Å²) in [6, 6.07) is 7.81. The van der Waals surface area contributed by atoms with Crippen LogP contribution < -0.4 is 15.8 Å². The van der Waals surface area contributed by atoms with Crippen molar-refractivity contribution >= 4 is 18.3 Å². The summed E-state index contributed by atoms with van der Waals surface area (Å²) in [5, 5.41) is 20.4. The van der Waals surface area contributed by atoms with E-state index in [2.05, 4.69) is 10.3 Å². The maximum atomic E-state index is 12.9. The Kier molecular flexibility index (Phi) is 8.64. The zero-order chi connectivity index (χ0) is 20.0. The highest BCUT2D eigenvalue weighted by molar-refractivity contribution is 5.94. The number of nitrogens with one attached hydrogen (secondary N) is 1. The van der Waals surface area contributed by atoms with E-state index in [9.17, 15) is 23.1 Å². The predicted octanol–water partition coefficient (Wildman–Crippen LogP) is 1.86. The molecule has 28 heavy (non-hydrogen) atoms. The Morgan fingerprint density at radius 2 is 2.00 bits per heavy atom. The van der Waals surface area contributed by atoms with Crippen LogP contribution in [0.15, 0.2) is 36.4 Å². The minimum atomic E-state index is -4.65. The lowest BCUT2D eigenvalue weighted by Crippen LogP contribution is -2.33. The van der Waals surface area contributed by atoms with E-state index in [4.69, 9.17) is 15.6 Å². The Hall–Kier alpha value is -2.40. The molecule has 1 amide bonds. The van der Waals surface area contributed by atoms with Crippen molar-refractivity contribution in [2.75, 3.05) is 13.2 Å². The normalized spacial score (nSPS) is 12.1. The number of nitrogens with zero attached hydrogens (tertiary/aromatic N) is 1. The molecule has 11 heteroatoms. The van der Waals surface area contributed by atoms with Crippen molar-refractivity contribution in [1.29, 1.82) is 0 Å². The average Bonchev–Trinajstić information content (AvgIpc) is 2.64. The van der Waals surface area contributed by atoms with Crippen molar-refractivity contribution in [1.82, 2.24) is 10.3 Å². The highest BCUT2D eigenvalue weighted by Gasteiger charge is 2.33. The van der Waals surface area contributed by atoms with E-state index in [0.29, 0.717) is 0 Å². The van der Waals surface area contributed by atoms with Crippen LogP contribution in [0.4, 0.5) is 13.2 Å². The van der Waals surface area contributed by atoms with E-state index in [0.717, 1.165) is 6.07 Å². The summed E-state index contributed by atoms with van der Waals surface area (Å²) in [4.78, 5) is 15.4. The third-order valence-electron chi connectivity index (χ3n) is 3.42. The third-order valence-corrected chi connectivity index (χ3v) is 3.42. The van der Waals surface area contributed by atoms with E-state index < -0.39 is 30.5 Å². The molecule has 0 radical (unpaired) electrons. The molecule has 1 atom stereocenters. The van der Waals surface area contributed by atoms with Gasteiger partial charge in [-0.3, -0.25) is 4.79 Å². The van der Waals surface area contributed by atoms with Gasteiger partial charge in [0.15, 0.2) is 0 Å². The molecule has 1 heterocycles. The van der Waals surface area contributed by atoms with Crippen molar-refractivity contribution in [2.24, 2.45) is 5.73 Å². The van der Waals surface area contributed by atoms with Gasteiger partial charge < -0.3 is 26.0 Å². The minimum absolute atomic E-state index is 0. The van der Waals surface area contributed by atoms with E-state index in [1.807, 2.05) is 0 Å². The zero-order valence-corrected chi connectivity index (χ0v) is 15.3. The number of rotatable bonds is 7. The van der Waals surface area contributed by atoms with Gasteiger partial charge in [0, 0.05) is 24.7 Å². The number of alkyl halides is 3. The van der Waals surface area contributed by atoms with Crippen molar-refractivity contribution in [3.63, 3.8) is 0 Å². The monoisotopic (exact) mass is 421 g/mol. The smallest absolute Gasteiger partial charge is 0.433 e. The van der Waals surface area contributed by atoms with Gasteiger partial charge in [-0.1, -0.05) is 6.07 Å². The highest BCUT2D eigenvalue weighted by Crippen LogP contribution is 2.31. The fourth-order valence-corrected chi connectivity index (χ4v) is 2.07. The molecule has 1 aromatic heterocycles. The zero-order valence-electron chi connectivity index (χ0n) is 14.4. The lowest BCUT2D eigenvalue weighted by atomic mass is 10.2. The summed E-state index contributed by atoms with van der Waals surface area (Å²) in [5.41, 5.74) is 4.63. The number of hydrogen-bond acceptors (Lipinski definition) is 6. The molecular weight excluding hydrogens is 403 g/mol. The molecule has 1 aromatic carbocycles. The highest BCUT2D eigenvalue weighted by atomic mass is 35.5. The summed E-state index contributed by atoms with van der Waals surface area (Å²) in [5.74, 6) is -0.758. The van der Waals surface area contributed by atoms with Gasteiger partial charge in [-0.25, -0.2) is 4.98 Å². The molecule has 0 unspecified atom stereocenters. The Labute approximate surface area is 164 Å². The fourth-order valence-electron chi connectivity index (χ4n) is 2.07. The lowest BCUT2D eigenvalue weighted by Gasteiger charge is -2.12. The van der Waals surface area contributed by atoms with Crippen molar-refractivity contribution in [2.45, 2.75) is 18.8 Å². The quantitative estimate of drug-likeness (QED) is 0.542. The Morgan fingerprint density at radius 3 is 2.61 bits per heavy atom. The van der Waals surface area contributed by atoms with Gasteiger partial charge in [-0.05, 0) is 29.8 Å². The molecule has 0 saturated heterocycles. The molecule has 7 nitrogen and oxygen atoms in total. The van der Waals surface area contributed by atoms with Gasteiger partial charge >= 0.3 is 6.18 Å². The summed E-state index contributed by atoms with van der Waals surface area (Å²) in [6.45, 7) is -0.791. The Balaban J connectivity index is 0.00000392. The number of aromatic nitrogens is 1. The molecule has 154 valence electrons. The second kappa shape index (κ2) is 10.2. The molecule has 0 bridgehead atoms. The fraction of sp³-hybridized carbons (Fsp3) is 0.294. The van der Waals surface area contributed by atoms with Crippen molar-refractivity contribution in [3.8, 4) is 11.6 Å². The number of aliphatic hydroxyl groups is 2. The Bertz CT molecular complexity index is 805. The van der Waals surface area contributed by atoms with Crippen LogP contribution in [0.1, 0.15) is 21.6 Å². The molecule has 0 spiro atoms. The second-order valence-corrected chi connectivity index (χ2v) is 5.58. The molecule has 0 aliphatic heterocycles. The van der Waals surface area contributed by atoms with Gasteiger partial charge in [0.05, 0.1) is 12.7 Å². The molecule has 0 aliphatic rings. The van der Waals surface area contributed by atoms with Crippen LogP contribution in [-0.4, -0.2) is 40.4 Å². The number of benzene rings is 1. The molecule has 0 aliphatic carbocycles. The molecule has 0 saturated carbocycles. The van der Waals surface area contributed by atoms with E-state index in [1.165, 1.54) is 30.3 Å². The van der Waals surface area contributed by atoms with Crippen LogP contribution in [0, 0.1) is 0 Å². The first-order valence-corrected chi connectivity index (χ1v) is 7.86. The van der Waals surface area contributed by atoms with Gasteiger partial charge in [0.25, 0.3) is 5.91 Å². The summed E-state index contributed by atoms with van der Waals surface area (Å²) in [7, 11) is 0. The Morgan fingerprint density at radius 1 is 1.29 bits per heavy atom. The van der Waals surface area contributed by atoms with Crippen LogP contribution in [0.25, 0.3) is 0 Å². The van der Waals surface area contributed by atoms with Gasteiger partial charge in [-0.15, -0.1) is 12.4 Å². The van der Waals surface area contributed by atoms with E-state index in [-0.39, 0.29) is 48.3 Å². The number of pyridine rings is 1. The van der Waals surface area contributed by atoms with Crippen LogP contribution >= 0.6 is 12.4 Å². The standard InChI is InChI=1S/C17H18F3N3O4.ClH/c18-17(19,20)14-4-10(7-21)5-15(23-14)27-13-3-1-2-11(6-13)16(26)22-8-12(25)9-24;/h1-6,12,24-25H,7-9,21H2,(H,22,26);1H/t12-;/m1./s1. The van der Waals surface area contributed by atoms with Gasteiger partial charge in [0.1, 0.15) is 11.4 Å². The number of hydrogen-bond donors (Lipinski definition) is 4. The number of carbonyl (C=O) groups is 1. The lowest BCUT2D eigenvalue weighted by molar-refractivity contribution is -0.141. The maximum absolute atomic E-state index is 12.9. The number of aliphatic hydroxyl groups excluding tert-OH is 2. The van der Waals surface area contributed by atoms with Crippen LogP contribution in [-0.2, 0) is 12.7 Å². The second-order valence-electron chi connectivity index (χ2n) is 5.58. The largest absolute Gasteiger partial charge is 0.439 e. The molecule has 5 N–H and O–H groups in total. The van der Waals surface area contributed by atoms with Crippen LogP contribution in [0.2, 0.25) is 0 Å². The predicted molar refractivity (Wildman–Crippen MR) is 96.3 cm³/mol. The molecule has 0 fully saturated rings. The first kappa shape index (κ1) is 23.6. The first-order chi connectivity index (χ1) is 12.7. The minimum Gasteiger partial charge on any atom is -0.439 e. The summed E-state index contributed by atoms with van der Waals surface area (Å²) < 4.78 is 44.1. The SMILES string of the molecule is Cl.NCc1cc(Oc2cccc(C(=O)NC[C@@H](O)CO)c2)nc(C(F)(F)F)c1. The molecule has 2 aromatic rings. The van der Waals surface area contributed by atoms with Gasteiger partial charge in [-0.2, -0.15) is 13.2 Å². The topological polar surface area (TPSA) is 118 Å². The van der Waals surface area contributed by atoms with Crippen LogP contribution in [0.5, 0.6) is 11.6 Å². The number of amides is 1.